The summed E-state index contributed by atoms with van der Waals surface area (Å²) in [4.78, 5) is 8.34. The third-order valence-corrected chi connectivity index (χ3v) is 2.89. The van der Waals surface area contributed by atoms with Gasteiger partial charge in [0.2, 0.25) is 5.88 Å². The Morgan fingerprint density at radius 1 is 1.44 bits per heavy atom. The first kappa shape index (κ1) is 11.0. The van der Waals surface area contributed by atoms with Crippen LogP contribution in [0.5, 0.6) is 5.88 Å². The molecule has 0 radical (unpaired) electrons. The second-order valence-electron chi connectivity index (χ2n) is 4.32. The molecule has 1 unspecified atom stereocenters. The maximum Gasteiger partial charge on any atom is 0.242 e. The summed E-state index contributed by atoms with van der Waals surface area (Å²) in [5.41, 5.74) is 0.869. The largest absolute Gasteiger partial charge is 0.479 e. The van der Waals surface area contributed by atoms with E-state index in [0.717, 1.165) is 24.5 Å². The van der Waals surface area contributed by atoms with E-state index in [2.05, 4.69) is 34.4 Å². The average molecular weight is 222 g/mol. The highest BCUT2D eigenvalue weighted by molar-refractivity contribution is 5.70. The quantitative estimate of drug-likeness (QED) is 0.798. The molecule has 0 saturated carbocycles. The normalized spacial score (nSPS) is 19.4. The number of hydrogen-bond acceptors (Lipinski definition) is 5. The Morgan fingerprint density at radius 3 is 2.94 bits per heavy atom. The molecule has 2 heterocycles. The minimum Gasteiger partial charge on any atom is -0.479 e. The van der Waals surface area contributed by atoms with E-state index in [-0.39, 0.29) is 0 Å². The zero-order valence-corrected chi connectivity index (χ0v) is 9.95. The highest BCUT2D eigenvalue weighted by atomic mass is 16.5. The van der Waals surface area contributed by atoms with Gasteiger partial charge in [0.15, 0.2) is 5.82 Å². The summed E-state index contributed by atoms with van der Waals surface area (Å²) in [6.45, 7) is 5.33. The number of fused-ring (bicyclic) bond motifs is 1. The van der Waals surface area contributed by atoms with Crippen molar-refractivity contribution in [3.8, 4) is 5.88 Å². The highest BCUT2D eigenvalue weighted by Crippen LogP contribution is 2.31. The lowest BCUT2D eigenvalue weighted by molar-refractivity contribution is 0.399. The summed E-state index contributed by atoms with van der Waals surface area (Å²) in [5, 5.41) is 6.76. The molecular weight excluding hydrogens is 204 g/mol. The lowest BCUT2D eigenvalue weighted by atomic mass is 10.0. The van der Waals surface area contributed by atoms with E-state index in [1.54, 1.807) is 7.11 Å². The molecule has 0 aromatic carbocycles. The van der Waals surface area contributed by atoms with Crippen molar-refractivity contribution < 1.29 is 4.74 Å². The SMILES string of the molecule is COc1ncnc2c1NCCC(C(C)C)N2. The van der Waals surface area contributed by atoms with E-state index in [0.29, 0.717) is 17.8 Å². The van der Waals surface area contributed by atoms with Crippen LogP contribution in [0.25, 0.3) is 0 Å². The first-order valence-electron chi connectivity index (χ1n) is 5.61. The molecule has 5 nitrogen and oxygen atoms in total. The molecule has 0 saturated heterocycles. The molecule has 1 aromatic rings. The summed E-state index contributed by atoms with van der Waals surface area (Å²) >= 11 is 0. The second kappa shape index (κ2) is 4.55. The van der Waals surface area contributed by atoms with Gasteiger partial charge in [0.25, 0.3) is 0 Å². The van der Waals surface area contributed by atoms with Gasteiger partial charge in [-0.3, -0.25) is 0 Å². The molecule has 1 aliphatic heterocycles. The molecule has 2 N–H and O–H groups in total. The zero-order valence-electron chi connectivity index (χ0n) is 9.95. The van der Waals surface area contributed by atoms with Gasteiger partial charge in [0.05, 0.1) is 7.11 Å². The van der Waals surface area contributed by atoms with Crippen LogP contribution < -0.4 is 15.4 Å². The van der Waals surface area contributed by atoms with Crippen LogP contribution in [0.15, 0.2) is 6.33 Å². The topological polar surface area (TPSA) is 59.1 Å². The standard InChI is InChI=1S/C11H18N4O/c1-7(2)8-4-5-12-9-10(15-8)13-6-14-11(9)16-3/h6-8,12H,4-5H2,1-3H3,(H,13,14,15). The van der Waals surface area contributed by atoms with E-state index in [9.17, 15) is 0 Å². The minimum absolute atomic E-state index is 0.438. The van der Waals surface area contributed by atoms with Gasteiger partial charge in [0, 0.05) is 12.6 Å². The van der Waals surface area contributed by atoms with Gasteiger partial charge in [-0.05, 0) is 12.3 Å². The number of nitrogens with one attached hydrogen (secondary N) is 2. The summed E-state index contributed by atoms with van der Waals surface area (Å²) in [5.74, 6) is 2.01. The Labute approximate surface area is 95.6 Å². The Kier molecular flexibility index (Phi) is 3.12. The van der Waals surface area contributed by atoms with Gasteiger partial charge in [-0.25, -0.2) is 4.98 Å². The lowest BCUT2D eigenvalue weighted by Gasteiger charge is -2.20. The van der Waals surface area contributed by atoms with E-state index in [1.165, 1.54) is 6.33 Å². The van der Waals surface area contributed by atoms with Gasteiger partial charge >= 0.3 is 0 Å². The first-order chi connectivity index (χ1) is 7.72. The van der Waals surface area contributed by atoms with E-state index >= 15 is 0 Å². The van der Waals surface area contributed by atoms with Gasteiger partial charge in [0.1, 0.15) is 12.0 Å². The van der Waals surface area contributed by atoms with Crippen molar-refractivity contribution >= 4 is 11.5 Å². The molecule has 1 atom stereocenters. The van der Waals surface area contributed by atoms with Crippen molar-refractivity contribution in [2.45, 2.75) is 26.3 Å². The second-order valence-corrected chi connectivity index (χ2v) is 4.32. The number of anilines is 2. The predicted molar refractivity (Wildman–Crippen MR) is 63.9 cm³/mol. The van der Waals surface area contributed by atoms with Crippen LogP contribution in [0.3, 0.4) is 0 Å². The summed E-state index contributed by atoms with van der Waals surface area (Å²) in [7, 11) is 1.62. The smallest absolute Gasteiger partial charge is 0.242 e. The summed E-state index contributed by atoms with van der Waals surface area (Å²) in [6, 6.07) is 0.438. The molecule has 0 bridgehead atoms. The maximum absolute atomic E-state index is 5.21. The molecule has 2 rings (SSSR count). The Balaban J connectivity index is 2.31. The molecule has 16 heavy (non-hydrogen) atoms. The van der Waals surface area contributed by atoms with E-state index in [1.807, 2.05) is 0 Å². The number of hydrogen-bond donors (Lipinski definition) is 2. The van der Waals surface area contributed by atoms with Crippen LogP contribution in [0.2, 0.25) is 0 Å². The molecular formula is C11H18N4O. The van der Waals surface area contributed by atoms with Crippen LogP contribution in [-0.4, -0.2) is 29.7 Å². The van der Waals surface area contributed by atoms with Crippen molar-refractivity contribution in [3.05, 3.63) is 6.33 Å². The van der Waals surface area contributed by atoms with Crippen molar-refractivity contribution in [1.29, 1.82) is 0 Å². The maximum atomic E-state index is 5.21. The summed E-state index contributed by atoms with van der Waals surface area (Å²) < 4.78 is 5.21. The number of ether oxygens (including phenoxy) is 1. The van der Waals surface area contributed by atoms with Crippen LogP contribution in [0.4, 0.5) is 11.5 Å². The molecule has 5 heteroatoms. The number of nitrogens with zero attached hydrogens (tertiary/aromatic N) is 2. The molecule has 0 amide bonds. The van der Waals surface area contributed by atoms with Gasteiger partial charge in [-0.2, -0.15) is 4.98 Å². The third-order valence-electron chi connectivity index (χ3n) is 2.89. The van der Waals surface area contributed by atoms with Crippen molar-refractivity contribution in [3.63, 3.8) is 0 Å². The first-order valence-corrected chi connectivity index (χ1v) is 5.61. The fourth-order valence-corrected chi connectivity index (χ4v) is 1.89. The van der Waals surface area contributed by atoms with Crippen molar-refractivity contribution in [2.75, 3.05) is 24.3 Å². The van der Waals surface area contributed by atoms with Gasteiger partial charge < -0.3 is 15.4 Å². The third kappa shape index (κ3) is 2.03. The summed E-state index contributed by atoms with van der Waals surface area (Å²) in [6.07, 6.45) is 2.59. The average Bonchev–Trinajstić information content (AvgIpc) is 2.50. The minimum atomic E-state index is 0.438. The fourth-order valence-electron chi connectivity index (χ4n) is 1.89. The van der Waals surface area contributed by atoms with Crippen LogP contribution >= 0.6 is 0 Å². The Bertz CT molecular complexity index is 367. The Morgan fingerprint density at radius 2 is 2.25 bits per heavy atom. The lowest BCUT2D eigenvalue weighted by Crippen LogP contribution is -2.26. The predicted octanol–water partition coefficient (Wildman–Crippen LogP) is 1.74. The molecule has 88 valence electrons. The van der Waals surface area contributed by atoms with Gasteiger partial charge in [-0.1, -0.05) is 13.8 Å². The van der Waals surface area contributed by atoms with Crippen molar-refractivity contribution in [1.82, 2.24) is 9.97 Å². The van der Waals surface area contributed by atoms with Gasteiger partial charge in [-0.15, -0.1) is 0 Å². The molecule has 1 aliphatic rings. The number of methoxy groups -OCH3 is 1. The number of aromatic nitrogens is 2. The highest BCUT2D eigenvalue weighted by Gasteiger charge is 2.21. The number of rotatable bonds is 2. The van der Waals surface area contributed by atoms with E-state index in [4.69, 9.17) is 4.74 Å². The molecule has 1 aromatic heterocycles. The molecule has 0 fully saturated rings. The van der Waals surface area contributed by atoms with Crippen LogP contribution in [0.1, 0.15) is 20.3 Å². The van der Waals surface area contributed by atoms with Crippen LogP contribution in [-0.2, 0) is 0 Å². The van der Waals surface area contributed by atoms with Crippen LogP contribution in [0, 0.1) is 5.92 Å². The zero-order chi connectivity index (χ0) is 11.5. The van der Waals surface area contributed by atoms with E-state index < -0.39 is 0 Å². The van der Waals surface area contributed by atoms with Crippen molar-refractivity contribution in [2.24, 2.45) is 5.92 Å². The fraction of sp³-hybridized carbons (Fsp3) is 0.636. The monoisotopic (exact) mass is 222 g/mol. The Hall–Kier alpha value is -1.52. The molecule has 0 spiro atoms. The molecule has 0 aliphatic carbocycles.